The van der Waals surface area contributed by atoms with Crippen LogP contribution in [0.15, 0.2) is 29.8 Å². The van der Waals surface area contributed by atoms with Gasteiger partial charge >= 0.3 is 0 Å². The molecule has 3 rings (SSSR count). The fraction of sp³-hybridized carbons (Fsp3) is 0.500. The first-order valence-corrected chi connectivity index (χ1v) is 7.00. The van der Waals surface area contributed by atoms with Crippen molar-refractivity contribution in [1.82, 2.24) is 10.2 Å². The van der Waals surface area contributed by atoms with E-state index in [1.54, 1.807) is 0 Å². The van der Waals surface area contributed by atoms with Crippen LogP contribution >= 0.6 is 0 Å². The van der Waals surface area contributed by atoms with Gasteiger partial charge in [-0.05, 0) is 43.0 Å². The summed E-state index contributed by atoms with van der Waals surface area (Å²) < 4.78 is 0. The van der Waals surface area contributed by atoms with Crippen molar-refractivity contribution in [2.45, 2.75) is 32.9 Å². The lowest BCUT2D eigenvalue weighted by Crippen LogP contribution is -2.29. The normalized spacial score (nSPS) is 20.4. The van der Waals surface area contributed by atoms with Crippen molar-refractivity contribution < 1.29 is 0 Å². The zero-order valence-corrected chi connectivity index (χ0v) is 11.2. The zero-order chi connectivity index (χ0) is 12.4. The monoisotopic (exact) mass is 242 g/mol. The lowest BCUT2D eigenvalue weighted by atomic mass is 9.98. The van der Waals surface area contributed by atoms with Gasteiger partial charge in [-0.15, -0.1) is 0 Å². The molecule has 96 valence electrons. The lowest BCUT2D eigenvalue weighted by molar-refractivity contribution is 0.282. The van der Waals surface area contributed by atoms with Gasteiger partial charge in [0.15, 0.2) is 0 Å². The maximum atomic E-state index is 3.46. The number of nitrogens with zero attached hydrogens (tertiary/aromatic N) is 1. The van der Waals surface area contributed by atoms with Crippen LogP contribution in [0.25, 0.3) is 0 Å². The van der Waals surface area contributed by atoms with Gasteiger partial charge in [0, 0.05) is 26.2 Å². The molecule has 2 nitrogen and oxygen atoms in total. The Bertz CT molecular complexity index is 462. The molecule has 0 unspecified atom stereocenters. The summed E-state index contributed by atoms with van der Waals surface area (Å²) in [6.07, 6.45) is 4.76. The van der Waals surface area contributed by atoms with E-state index in [0.717, 1.165) is 26.2 Å². The Hall–Kier alpha value is -1.12. The van der Waals surface area contributed by atoms with Crippen LogP contribution in [0.2, 0.25) is 0 Å². The molecule has 0 atom stereocenters. The Morgan fingerprint density at radius 2 is 2.22 bits per heavy atom. The van der Waals surface area contributed by atoms with Crippen LogP contribution < -0.4 is 5.32 Å². The van der Waals surface area contributed by atoms with E-state index >= 15 is 0 Å². The third-order valence-electron chi connectivity index (χ3n) is 3.97. The smallest absolute Gasteiger partial charge is 0.0237 e. The van der Waals surface area contributed by atoms with Crippen LogP contribution in [0.3, 0.4) is 0 Å². The van der Waals surface area contributed by atoms with E-state index in [1.165, 1.54) is 41.6 Å². The molecule has 1 aromatic carbocycles. The Balaban J connectivity index is 1.71. The van der Waals surface area contributed by atoms with Crippen molar-refractivity contribution in [2.24, 2.45) is 0 Å². The largest absolute Gasteiger partial charge is 0.312 e. The van der Waals surface area contributed by atoms with E-state index < -0.39 is 0 Å². The van der Waals surface area contributed by atoms with E-state index in [2.05, 4.69) is 41.4 Å². The van der Waals surface area contributed by atoms with Crippen LogP contribution in [-0.4, -0.2) is 24.5 Å². The van der Waals surface area contributed by atoms with Crippen molar-refractivity contribution in [2.75, 3.05) is 19.6 Å². The van der Waals surface area contributed by atoms with Gasteiger partial charge in [0.2, 0.25) is 0 Å². The molecule has 2 heteroatoms. The van der Waals surface area contributed by atoms with Crippen LogP contribution in [-0.2, 0) is 19.5 Å². The fourth-order valence-electron chi connectivity index (χ4n) is 3.02. The average Bonchev–Trinajstić information content (AvgIpc) is 2.39. The van der Waals surface area contributed by atoms with Gasteiger partial charge in [-0.2, -0.15) is 0 Å². The molecular formula is C16H22N2. The van der Waals surface area contributed by atoms with Gasteiger partial charge < -0.3 is 5.32 Å². The second-order valence-corrected chi connectivity index (χ2v) is 5.58. The maximum absolute atomic E-state index is 3.46. The standard InChI is InChI=1S/C16H22N2/c1-13-3-2-8-18(11-13)12-14-4-5-15-6-7-17-10-16(15)9-14/h3-5,9,17H,2,6-8,10-12H2,1H3. The highest BCUT2D eigenvalue weighted by Gasteiger charge is 2.13. The second-order valence-electron chi connectivity index (χ2n) is 5.58. The topological polar surface area (TPSA) is 15.3 Å². The molecule has 0 aliphatic carbocycles. The van der Waals surface area contributed by atoms with Crippen molar-refractivity contribution in [3.8, 4) is 0 Å². The van der Waals surface area contributed by atoms with E-state index in [-0.39, 0.29) is 0 Å². The molecule has 2 aliphatic heterocycles. The molecule has 0 spiro atoms. The molecule has 1 N–H and O–H groups in total. The number of hydrogen-bond acceptors (Lipinski definition) is 2. The van der Waals surface area contributed by atoms with E-state index in [9.17, 15) is 0 Å². The van der Waals surface area contributed by atoms with Gasteiger partial charge in [-0.25, -0.2) is 0 Å². The maximum Gasteiger partial charge on any atom is 0.0237 e. The summed E-state index contributed by atoms with van der Waals surface area (Å²) >= 11 is 0. The number of benzene rings is 1. The SMILES string of the molecule is CC1=CCCN(Cc2ccc3c(c2)CNCC3)C1. The van der Waals surface area contributed by atoms with E-state index in [0.29, 0.717) is 0 Å². The molecule has 1 aromatic rings. The number of fused-ring (bicyclic) bond motifs is 1. The summed E-state index contributed by atoms with van der Waals surface area (Å²) in [5.41, 5.74) is 6.02. The summed E-state index contributed by atoms with van der Waals surface area (Å²) in [6, 6.07) is 7.05. The third kappa shape index (κ3) is 2.65. The Kier molecular flexibility index (Phi) is 3.48. The van der Waals surface area contributed by atoms with Gasteiger partial charge in [-0.3, -0.25) is 4.90 Å². The molecule has 0 radical (unpaired) electrons. The Labute approximate surface area is 110 Å². The van der Waals surface area contributed by atoms with Gasteiger partial charge in [0.05, 0.1) is 0 Å². The summed E-state index contributed by atoms with van der Waals surface area (Å²) in [4.78, 5) is 2.55. The van der Waals surface area contributed by atoms with Crippen LogP contribution in [0.4, 0.5) is 0 Å². The Morgan fingerprint density at radius 3 is 3.11 bits per heavy atom. The first-order chi connectivity index (χ1) is 8.81. The lowest BCUT2D eigenvalue weighted by Gasteiger charge is -2.26. The first-order valence-electron chi connectivity index (χ1n) is 7.00. The van der Waals surface area contributed by atoms with Crippen molar-refractivity contribution in [1.29, 1.82) is 0 Å². The van der Waals surface area contributed by atoms with Gasteiger partial charge in [0.1, 0.15) is 0 Å². The molecule has 0 bridgehead atoms. The minimum atomic E-state index is 1.04. The van der Waals surface area contributed by atoms with E-state index in [1.807, 2.05) is 0 Å². The molecule has 0 fully saturated rings. The Morgan fingerprint density at radius 1 is 1.28 bits per heavy atom. The number of rotatable bonds is 2. The van der Waals surface area contributed by atoms with Crippen molar-refractivity contribution in [3.05, 3.63) is 46.5 Å². The first kappa shape index (κ1) is 11.9. The summed E-state index contributed by atoms with van der Waals surface area (Å²) in [7, 11) is 0. The van der Waals surface area contributed by atoms with Crippen molar-refractivity contribution in [3.63, 3.8) is 0 Å². The minimum Gasteiger partial charge on any atom is -0.312 e. The highest BCUT2D eigenvalue weighted by Crippen LogP contribution is 2.18. The molecule has 2 heterocycles. The summed E-state index contributed by atoms with van der Waals surface area (Å²) in [5, 5.41) is 3.46. The minimum absolute atomic E-state index is 1.04. The quantitative estimate of drug-likeness (QED) is 0.802. The summed E-state index contributed by atoms with van der Waals surface area (Å²) in [6.45, 7) is 7.84. The average molecular weight is 242 g/mol. The zero-order valence-electron chi connectivity index (χ0n) is 11.2. The molecule has 2 aliphatic rings. The van der Waals surface area contributed by atoms with Crippen molar-refractivity contribution >= 4 is 0 Å². The molecule has 0 amide bonds. The predicted octanol–water partition coefficient (Wildman–Crippen LogP) is 2.48. The van der Waals surface area contributed by atoms with Gasteiger partial charge in [-0.1, -0.05) is 29.8 Å². The van der Waals surface area contributed by atoms with Crippen LogP contribution in [0, 0.1) is 0 Å². The fourth-order valence-corrected chi connectivity index (χ4v) is 3.02. The third-order valence-corrected chi connectivity index (χ3v) is 3.97. The van der Waals surface area contributed by atoms with Crippen LogP contribution in [0.1, 0.15) is 30.0 Å². The summed E-state index contributed by atoms with van der Waals surface area (Å²) in [5.74, 6) is 0. The molecule has 0 aromatic heterocycles. The molecule has 0 saturated carbocycles. The van der Waals surface area contributed by atoms with E-state index in [4.69, 9.17) is 0 Å². The van der Waals surface area contributed by atoms with Crippen LogP contribution in [0.5, 0.6) is 0 Å². The predicted molar refractivity (Wildman–Crippen MR) is 75.5 cm³/mol. The highest BCUT2D eigenvalue weighted by molar-refractivity contribution is 5.33. The highest BCUT2D eigenvalue weighted by atomic mass is 15.1. The molecular weight excluding hydrogens is 220 g/mol. The number of nitrogens with one attached hydrogen (secondary N) is 1. The van der Waals surface area contributed by atoms with Gasteiger partial charge in [0.25, 0.3) is 0 Å². The number of hydrogen-bond donors (Lipinski definition) is 1. The molecule has 0 saturated heterocycles. The molecule has 18 heavy (non-hydrogen) atoms. The second kappa shape index (κ2) is 5.25.